The van der Waals surface area contributed by atoms with Crippen LogP contribution in [0, 0.1) is 0 Å². The number of carbonyl (C=O) groups is 2. The smallest absolute Gasteiger partial charge is 0.337 e. The molecule has 0 atom stereocenters. The minimum absolute atomic E-state index is 0.333. The Balaban J connectivity index is 1.94. The molecule has 0 saturated heterocycles. The van der Waals surface area contributed by atoms with Gasteiger partial charge in [-0.05, 0) is 42.4 Å². The average Bonchev–Trinajstić information content (AvgIpc) is 2.61. The summed E-state index contributed by atoms with van der Waals surface area (Å²) in [4.78, 5) is 25.0. The highest BCUT2D eigenvalue weighted by atomic mass is 16.5. The fourth-order valence-electron chi connectivity index (χ4n) is 2.41. The molecule has 5 heteroatoms. The first-order valence-electron chi connectivity index (χ1n) is 7.56. The fourth-order valence-corrected chi connectivity index (χ4v) is 2.41. The molecule has 0 unspecified atom stereocenters. The molecule has 0 aliphatic rings. The third-order valence-electron chi connectivity index (χ3n) is 3.66. The van der Waals surface area contributed by atoms with Gasteiger partial charge in [-0.3, -0.25) is 4.90 Å². The molecule has 0 bridgehead atoms. The maximum atomic E-state index is 11.4. The monoisotopic (exact) mass is 327 g/mol. The first-order chi connectivity index (χ1) is 11.5. The predicted molar refractivity (Wildman–Crippen MR) is 90.7 cm³/mol. The Bertz CT molecular complexity index is 631. The zero-order valence-electron chi connectivity index (χ0n) is 14.1. The second-order valence-electron chi connectivity index (χ2n) is 5.55. The van der Waals surface area contributed by atoms with Gasteiger partial charge in [0, 0.05) is 13.1 Å². The Morgan fingerprint density at radius 1 is 0.750 bits per heavy atom. The SMILES string of the molecule is COC(=O)c1ccc(CN(C)Cc2ccc(C(=O)OC)cc2)cc1. The number of hydrogen-bond donors (Lipinski definition) is 0. The van der Waals surface area contributed by atoms with E-state index in [2.05, 4.69) is 14.4 Å². The minimum Gasteiger partial charge on any atom is -0.465 e. The van der Waals surface area contributed by atoms with Crippen LogP contribution in [0.3, 0.4) is 0 Å². The van der Waals surface area contributed by atoms with Crippen molar-refractivity contribution >= 4 is 11.9 Å². The van der Waals surface area contributed by atoms with Gasteiger partial charge in [-0.1, -0.05) is 24.3 Å². The van der Waals surface area contributed by atoms with Gasteiger partial charge in [0.25, 0.3) is 0 Å². The first kappa shape index (κ1) is 17.7. The molecule has 2 aromatic rings. The molecule has 2 rings (SSSR count). The largest absolute Gasteiger partial charge is 0.465 e. The fraction of sp³-hybridized carbons (Fsp3) is 0.263. The highest BCUT2D eigenvalue weighted by Gasteiger charge is 2.08. The van der Waals surface area contributed by atoms with Gasteiger partial charge in [0.15, 0.2) is 0 Å². The van der Waals surface area contributed by atoms with E-state index in [1.807, 2.05) is 31.3 Å². The topological polar surface area (TPSA) is 55.8 Å². The van der Waals surface area contributed by atoms with Gasteiger partial charge < -0.3 is 9.47 Å². The van der Waals surface area contributed by atoms with E-state index in [4.69, 9.17) is 0 Å². The molecule has 0 N–H and O–H groups in total. The Hall–Kier alpha value is -2.66. The second kappa shape index (κ2) is 8.26. The van der Waals surface area contributed by atoms with Crippen molar-refractivity contribution in [2.45, 2.75) is 13.1 Å². The van der Waals surface area contributed by atoms with Crippen LogP contribution < -0.4 is 0 Å². The Labute approximate surface area is 141 Å². The molecule has 0 aliphatic carbocycles. The van der Waals surface area contributed by atoms with Crippen LogP contribution in [0.15, 0.2) is 48.5 Å². The molecule has 0 radical (unpaired) electrons. The van der Waals surface area contributed by atoms with Gasteiger partial charge in [-0.25, -0.2) is 9.59 Å². The normalized spacial score (nSPS) is 10.5. The molecular weight excluding hydrogens is 306 g/mol. The molecular formula is C19H21NO4. The van der Waals surface area contributed by atoms with E-state index in [0.717, 1.165) is 24.2 Å². The zero-order valence-corrected chi connectivity index (χ0v) is 14.1. The van der Waals surface area contributed by atoms with Crippen molar-refractivity contribution in [3.8, 4) is 0 Å². The Morgan fingerprint density at radius 3 is 1.38 bits per heavy atom. The number of ether oxygens (including phenoxy) is 2. The number of rotatable bonds is 6. The number of carbonyl (C=O) groups excluding carboxylic acids is 2. The quantitative estimate of drug-likeness (QED) is 0.764. The van der Waals surface area contributed by atoms with Crippen LogP contribution in [-0.2, 0) is 22.6 Å². The van der Waals surface area contributed by atoms with E-state index in [-0.39, 0.29) is 11.9 Å². The summed E-state index contributed by atoms with van der Waals surface area (Å²) in [6, 6.07) is 14.7. The first-order valence-corrected chi connectivity index (χ1v) is 7.56. The number of methoxy groups -OCH3 is 2. The highest BCUT2D eigenvalue weighted by molar-refractivity contribution is 5.89. The van der Waals surface area contributed by atoms with Crippen molar-refractivity contribution in [1.82, 2.24) is 4.90 Å². The second-order valence-corrected chi connectivity index (χ2v) is 5.55. The van der Waals surface area contributed by atoms with Gasteiger partial charge in [0.1, 0.15) is 0 Å². The van der Waals surface area contributed by atoms with Crippen LogP contribution in [0.25, 0.3) is 0 Å². The van der Waals surface area contributed by atoms with Gasteiger partial charge in [0.2, 0.25) is 0 Å². The maximum Gasteiger partial charge on any atom is 0.337 e. The lowest BCUT2D eigenvalue weighted by molar-refractivity contribution is 0.0592. The van der Waals surface area contributed by atoms with E-state index in [9.17, 15) is 9.59 Å². The van der Waals surface area contributed by atoms with E-state index in [1.54, 1.807) is 24.3 Å². The van der Waals surface area contributed by atoms with Crippen molar-refractivity contribution in [2.24, 2.45) is 0 Å². The van der Waals surface area contributed by atoms with Gasteiger partial charge in [0.05, 0.1) is 25.3 Å². The molecule has 0 fully saturated rings. The molecule has 0 aromatic heterocycles. The molecule has 0 saturated carbocycles. The van der Waals surface area contributed by atoms with Crippen molar-refractivity contribution < 1.29 is 19.1 Å². The van der Waals surface area contributed by atoms with Crippen molar-refractivity contribution in [3.63, 3.8) is 0 Å². The lowest BCUT2D eigenvalue weighted by atomic mass is 10.1. The number of benzene rings is 2. The molecule has 126 valence electrons. The van der Waals surface area contributed by atoms with Crippen LogP contribution in [0.4, 0.5) is 0 Å². The molecule has 0 heterocycles. The van der Waals surface area contributed by atoms with Crippen LogP contribution in [0.2, 0.25) is 0 Å². The van der Waals surface area contributed by atoms with Crippen LogP contribution >= 0.6 is 0 Å². The third-order valence-corrected chi connectivity index (χ3v) is 3.66. The zero-order chi connectivity index (χ0) is 17.5. The standard InChI is InChI=1S/C19H21NO4/c1-20(12-14-4-8-16(9-5-14)18(21)23-2)13-15-6-10-17(11-7-15)19(22)24-3/h4-11H,12-13H2,1-3H3. The Morgan fingerprint density at radius 2 is 1.08 bits per heavy atom. The van der Waals surface area contributed by atoms with Gasteiger partial charge in [-0.2, -0.15) is 0 Å². The lowest BCUT2D eigenvalue weighted by Crippen LogP contribution is -2.17. The van der Waals surface area contributed by atoms with Crippen LogP contribution in [0.5, 0.6) is 0 Å². The van der Waals surface area contributed by atoms with Crippen molar-refractivity contribution in [3.05, 3.63) is 70.8 Å². The van der Waals surface area contributed by atoms with Crippen molar-refractivity contribution in [2.75, 3.05) is 21.3 Å². The number of nitrogens with zero attached hydrogens (tertiary/aromatic N) is 1. The van der Waals surface area contributed by atoms with E-state index < -0.39 is 0 Å². The lowest BCUT2D eigenvalue weighted by Gasteiger charge is -2.17. The molecule has 0 amide bonds. The van der Waals surface area contributed by atoms with Gasteiger partial charge in [-0.15, -0.1) is 0 Å². The summed E-state index contributed by atoms with van der Waals surface area (Å²) in [5.41, 5.74) is 3.30. The van der Waals surface area contributed by atoms with Crippen LogP contribution in [-0.4, -0.2) is 38.1 Å². The van der Waals surface area contributed by atoms with Crippen LogP contribution in [0.1, 0.15) is 31.8 Å². The summed E-state index contributed by atoms with van der Waals surface area (Å²) in [5.74, 6) is -0.666. The summed E-state index contributed by atoms with van der Waals surface area (Å²) < 4.78 is 9.38. The van der Waals surface area contributed by atoms with Gasteiger partial charge >= 0.3 is 11.9 Å². The third kappa shape index (κ3) is 4.67. The molecule has 0 spiro atoms. The predicted octanol–water partition coefficient (Wildman–Crippen LogP) is 2.89. The highest BCUT2D eigenvalue weighted by Crippen LogP contribution is 2.12. The number of esters is 2. The molecule has 2 aromatic carbocycles. The molecule has 5 nitrogen and oxygen atoms in total. The Kier molecular flexibility index (Phi) is 6.09. The molecule has 24 heavy (non-hydrogen) atoms. The summed E-state index contributed by atoms with van der Waals surface area (Å²) in [7, 11) is 4.76. The van der Waals surface area contributed by atoms with Crippen molar-refractivity contribution in [1.29, 1.82) is 0 Å². The summed E-state index contributed by atoms with van der Waals surface area (Å²) in [5, 5.41) is 0. The summed E-state index contributed by atoms with van der Waals surface area (Å²) in [6.45, 7) is 1.50. The summed E-state index contributed by atoms with van der Waals surface area (Å²) >= 11 is 0. The van der Waals surface area contributed by atoms with E-state index >= 15 is 0 Å². The maximum absolute atomic E-state index is 11.4. The van der Waals surface area contributed by atoms with E-state index in [0.29, 0.717) is 11.1 Å². The summed E-state index contributed by atoms with van der Waals surface area (Å²) in [6.07, 6.45) is 0. The average molecular weight is 327 g/mol. The minimum atomic E-state index is -0.333. The molecule has 0 aliphatic heterocycles. The number of hydrogen-bond acceptors (Lipinski definition) is 5. The van der Waals surface area contributed by atoms with E-state index in [1.165, 1.54) is 14.2 Å².